The smallest absolute Gasteiger partial charge is 0.253 e. The number of thiazole rings is 1. The second kappa shape index (κ2) is 6.33. The van der Waals surface area contributed by atoms with E-state index in [-0.39, 0.29) is 18.0 Å². The van der Waals surface area contributed by atoms with E-state index < -0.39 is 0 Å². The number of carbonyl (C=O) groups excluding carboxylic acids is 1. The molecule has 3 aromatic heterocycles. The monoisotopic (exact) mass is 351 g/mol. The Morgan fingerprint density at radius 3 is 3.04 bits per heavy atom. The quantitative estimate of drug-likeness (QED) is 0.611. The summed E-state index contributed by atoms with van der Waals surface area (Å²) in [6.07, 6.45) is 6.64. The van der Waals surface area contributed by atoms with Crippen LogP contribution in [0.3, 0.4) is 0 Å². The third-order valence-corrected chi connectivity index (χ3v) is 4.41. The number of imidazole rings is 1. The molecule has 0 bridgehead atoms. The van der Waals surface area contributed by atoms with Crippen LogP contribution < -0.4 is 10.9 Å². The molecule has 7 nitrogen and oxygen atoms in total. The van der Waals surface area contributed by atoms with Gasteiger partial charge in [0.25, 0.3) is 5.56 Å². The number of anilines is 1. The lowest BCUT2D eigenvalue weighted by Gasteiger charge is -2.07. The molecule has 0 saturated heterocycles. The summed E-state index contributed by atoms with van der Waals surface area (Å²) < 4.78 is 3.21. The second-order valence-corrected chi connectivity index (χ2v) is 6.27. The number of nitrogens with one attached hydrogen (secondary N) is 1. The van der Waals surface area contributed by atoms with Crippen LogP contribution >= 0.6 is 11.3 Å². The predicted molar refractivity (Wildman–Crippen MR) is 95.6 cm³/mol. The van der Waals surface area contributed by atoms with Gasteiger partial charge in [0, 0.05) is 41.3 Å². The van der Waals surface area contributed by atoms with Gasteiger partial charge in [-0.1, -0.05) is 12.1 Å². The summed E-state index contributed by atoms with van der Waals surface area (Å²) in [5, 5.41) is 4.77. The summed E-state index contributed by atoms with van der Waals surface area (Å²) in [5.74, 6) is -0.293. The van der Waals surface area contributed by atoms with E-state index in [1.807, 2.05) is 40.4 Å². The maximum atomic E-state index is 12.2. The van der Waals surface area contributed by atoms with Crippen LogP contribution in [0.2, 0.25) is 0 Å². The first kappa shape index (κ1) is 15.3. The Kier molecular flexibility index (Phi) is 3.87. The standard InChI is InChI=1S/C17H13N5O2S/c23-15(10-22-11-18-5-4-16(22)24)19-13-3-1-2-12(8-13)14-9-21-6-7-25-17(21)20-14/h1-9,11H,10H2,(H,19,23). The van der Waals surface area contributed by atoms with Crippen molar-refractivity contribution < 1.29 is 4.79 Å². The van der Waals surface area contributed by atoms with Crippen LogP contribution in [0, 0.1) is 0 Å². The molecule has 0 saturated carbocycles. The lowest BCUT2D eigenvalue weighted by Crippen LogP contribution is -2.26. The zero-order valence-corrected chi connectivity index (χ0v) is 13.8. The van der Waals surface area contributed by atoms with E-state index in [1.165, 1.54) is 23.2 Å². The molecule has 3 heterocycles. The van der Waals surface area contributed by atoms with E-state index in [4.69, 9.17) is 0 Å². The van der Waals surface area contributed by atoms with Gasteiger partial charge in [-0.2, -0.15) is 0 Å². The highest BCUT2D eigenvalue weighted by Crippen LogP contribution is 2.24. The van der Waals surface area contributed by atoms with Gasteiger partial charge in [-0.15, -0.1) is 11.3 Å². The number of fused-ring (bicyclic) bond motifs is 1. The topological polar surface area (TPSA) is 81.3 Å². The lowest BCUT2D eigenvalue weighted by molar-refractivity contribution is -0.116. The SMILES string of the molecule is O=C(Cn1cnccc1=O)Nc1cccc(-c2cn3ccsc3n2)c1. The van der Waals surface area contributed by atoms with E-state index in [0.717, 1.165) is 16.2 Å². The minimum absolute atomic E-state index is 0.0862. The van der Waals surface area contributed by atoms with Gasteiger partial charge in [-0.25, -0.2) is 9.97 Å². The highest BCUT2D eigenvalue weighted by molar-refractivity contribution is 7.15. The van der Waals surface area contributed by atoms with Crippen molar-refractivity contribution in [2.75, 3.05) is 5.32 Å². The van der Waals surface area contributed by atoms with Crippen molar-refractivity contribution in [2.24, 2.45) is 0 Å². The number of aromatic nitrogens is 4. The van der Waals surface area contributed by atoms with Crippen LogP contribution in [-0.2, 0) is 11.3 Å². The number of hydrogen-bond donors (Lipinski definition) is 1. The van der Waals surface area contributed by atoms with Crippen LogP contribution in [0.25, 0.3) is 16.2 Å². The fourth-order valence-corrected chi connectivity index (χ4v) is 3.18. The molecule has 1 amide bonds. The van der Waals surface area contributed by atoms with Crippen molar-refractivity contribution in [3.63, 3.8) is 0 Å². The molecule has 0 aliphatic rings. The lowest BCUT2D eigenvalue weighted by atomic mass is 10.1. The zero-order valence-electron chi connectivity index (χ0n) is 13.0. The third-order valence-electron chi connectivity index (χ3n) is 3.64. The van der Waals surface area contributed by atoms with E-state index in [1.54, 1.807) is 17.4 Å². The maximum Gasteiger partial charge on any atom is 0.253 e. The van der Waals surface area contributed by atoms with Gasteiger partial charge in [0.2, 0.25) is 5.91 Å². The zero-order chi connectivity index (χ0) is 17.2. The summed E-state index contributed by atoms with van der Waals surface area (Å²) in [7, 11) is 0. The normalized spacial score (nSPS) is 10.9. The van der Waals surface area contributed by atoms with Gasteiger partial charge in [0.15, 0.2) is 4.96 Å². The highest BCUT2D eigenvalue weighted by Gasteiger charge is 2.08. The fraction of sp³-hybridized carbons (Fsp3) is 0.0588. The molecule has 4 aromatic rings. The Morgan fingerprint density at radius 1 is 1.28 bits per heavy atom. The number of hydrogen-bond acceptors (Lipinski definition) is 5. The van der Waals surface area contributed by atoms with E-state index >= 15 is 0 Å². The van der Waals surface area contributed by atoms with Crippen LogP contribution in [-0.4, -0.2) is 24.8 Å². The third kappa shape index (κ3) is 3.20. The number of carbonyl (C=O) groups is 1. The molecule has 0 fully saturated rings. The summed E-state index contributed by atoms with van der Waals surface area (Å²) in [6.45, 7) is -0.0862. The van der Waals surface area contributed by atoms with Crippen molar-refractivity contribution in [2.45, 2.75) is 6.54 Å². The Balaban J connectivity index is 1.53. The summed E-state index contributed by atoms with van der Waals surface area (Å²) in [6, 6.07) is 8.77. The molecule has 8 heteroatoms. The molecule has 0 atom stereocenters. The molecule has 0 aliphatic heterocycles. The largest absolute Gasteiger partial charge is 0.325 e. The number of benzene rings is 1. The Bertz CT molecular complexity index is 1080. The minimum atomic E-state index is -0.293. The molecular weight excluding hydrogens is 338 g/mol. The molecule has 1 N–H and O–H groups in total. The van der Waals surface area contributed by atoms with Crippen molar-refractivity contribution in [1.29, 1.82) is 0 Å². The first-order valence-corrected chi connectivity index (χ1v) is 8.40. The van der Waals surface area contributed by atoms with Crippen LogP contribution in [0.1, 0.15) is 0 Å². The fourth-order valence-electron chi connectivity index (χ4n) is 2.48. The van der Waals surface area contributed by atoms with Crippen molar-refractivity contribution >= 4 is 27.9 Å². The number of amides is 1. The average Bonchev–Trinajstić information content (AvgIpc) is 3.19. The predicted octanol–water partition coefficient (Wildman–Crippen LogP) is 2.26. The summed E-state index contributed by atoms with van der Waals surface area (Å²) in [5.41, 5.74) is 2.13. The molecule has 0 unspecified atom stereocenters. The molecule has 0 radical (unpaired) electrons. The van der Waals surface area contributed by atoms with Gasteiger partial charge >= 0.3 is 0 Å². The van der Waals surface area contributed by atoms with Crippen molar-refractivity contribution in [1.82, 2.24) is 18.9 Å². The first-order chi connectivity index (χ1) is 12.2. The highest BCUT2D eigenvalue weighted by atomic mass is 32.1. The van der Waals surface area contributed by atoms with Crippen LogP contribution in [0.15, 0.2) is 65.4 Å². The number of nitrogens with zero attached hydrogens (tertiary/aromatic N) is 4. The van der Waals surface area contributed by atoms with E-state index in [2.05, 4.69) is 15.3 Å². The van der Waals surface area contributed by atoms with Crippen molar-refractivity contribution in [3.8, 4) is 11.3 Å². The van der Waals surface area contributed by atoms with Gasteiger partial charge in [-0.3, -0.25) is 18.6 Å². The van der Waals surface area contributed by atoms with Gasteiger partial charge < -0.3 is 5.32 Å². The molecule has 0 spiro atoms. The Morgan fingerprint density at radius 2 is 2.20 bits per heavy atom. The van der Waals surface area contributed by atoms with Crippen molar-refractivity contribution in [3.05, 3.63) is 71.0 Å². The first-order valence-electron chi connectivity index (χ1n) is 7.52. The molecule has 4 rings (SSSR count). The van der Waals surface area contributed by atoms with Crippen LogP contribution in [0.5, 0.6) is 0 Å². The molecule has 124 valence electrons. The molecular formula is C17H13N5O2S. The van der Waals surface area contributed by atoms with Gasteiger partial charge in [0.05, 0.1) is 12.0 Å². The average molecular weight is 351 g/mol. The van der Waals surface area contributed by atoms with Crippen LogP contribution in [0.4, 0.5) is 5.69 Å². The Hall–Kier alpha value is -3.26. The van der Waals surface area contributed by atoms with Gasteiger partial charge in [0.1, 0.15) is 6.54 Å². The Labute approximate surface area is 146 Å². The van der Waals surface area contributed by atoms with E-state index in [0.29, 0.717) is 5.69 Å². The minimum Gasteiger partial charge on any atom is -0.325 e. The van der Waals surface area contributed by atoms with E-state index in [9.17, 15) is 9.59 Å². The summed E-state index contributed by atoms with van der Waals surface area (Å²) >= 11 is 1.56. The second-order valence-electron chi connectivity index (χ2n) is 5.39. The number of rotatable bonds is 4. The molecule has 1 aromatic carbocycles. The summed E-state index contributed by atoms with van der Waals surface area (Å²) in [4.78, 5) is 33.1. The molecule has 0 aliphatic carbocycles. The maximum absolute atomic E-state index is 12.2. The molecule has 25 heavy (non-hydrogen) atoms. The van der Waals surface area contributed by atoms with Gasteiger partial charge in [-0.05, 0) is 12.1 Å².